The molecule has 0 spiro atoms. The lowest BCUT2D eigenvalue weighted by Gasteiger charge is -2.27. The molecule has 0 aromatic carbocycles. The Morgan fingerprint density at radius 2 is 1.44 bits per heavy atom. The Morgan fingerprint density at radius 3 is 1.78 bits per heavy atom. The van der Waals surface area contributed by atoms with Gasteiger partial charge < -0.3 is 0 Å². The minimum Gasteiger partial charge on any atom is -0.176 e. The van der Waals surface area contributed by atoms with Crippen molar-refractivity contribution in [2.24, 2.45) is 0 Å². The first-order valence-electron chi connectivity index (χ1n) is 3.30. The van der Waals surface area contributed by atoms with Crippen LogP contribution in [0.5, 0.6) is 0 Å². The van der Waals surface area contributed by atoms with Gasteiger partial charge in [-0.3, -0.25) is 0 Å². The van der Waals surface area contributed by atoms with Crippen LogP contribution in [0.4, 0.5) is 0 Å². The van der Waals surface area contributed by atoms with Crippen LogP contribution in [0.1, 0.15) is 19.3 Å². The molecule has 0 saturated heterocycles. The molecule has 3 unspecified atom stereocenters. The molecule has 0 amide bonds. The van der Waals surface area contributed by atoms with E-state index in [1.807, 2.05) is 0 Å². The van der Waals surface area contributed by atoms with Crippen molar-refractivity contribution in [3.05, 3.63) is 0 Å². The Morgan fingerprint density at radius 1 is 1.00 bits per heavy atom. The number of hydrogen-bond donors (Lipinski definition) is 2. The second-order valence-electron chi connectivity index (χ2n) is 2.77. The van der Waals surface area contributed by atoms with E-state index >= 15 is 0 Å². The summed E-state index contributed by atoms with van der Waals surface area (Å²) in [6.45, 7) is 0. The molecule has 0 nitrogen and oxygen atoms in total. The molecule has 0 aliphatic heterocycles. The predicted molar refractivity (Wildman–Crippen MR) is 52.9 cm³/mol. The molecular weight excluding hydrogens is 167 g/mol. The molecule has 54 valence electrons. The molecule has 9 heavy (non-hydrogen) atoms. The number of hydrogen-bond acceptors (Lipinski definition) is 2. The van der Waals surface area contributed by atoms with E-state index in [-0.39, 0.29) is 0 Å². The van der Waals surface area contributed by atoms with Crippen molar-refractivity contribution < 1.29 is 0 Å². The van der Waals surface area contributed by atoms with Gasteiger partial charge in [-0.25, -0.2) is 0 Å². The summed E-state index contributed by atoms with van der Waals surface area (Å²) in [6.07, 6.45) is 3.66. The van der Waals surface area contributed by atoms with Gasteiger partial charge in [0.15, 0.2) is 0 Å². The highest BCUT2D eigenvalue weighted by Crippen LogP contribution is 2.30. The second kappa shape index (κ2) is 3.50. The third-order valence-corrected chi connectivity index (χ3v) is 3.08. The van der Waals surface area contributed by atoms with Crippen molar-refractivity contribution in [2.45, 2.75) is 35.4 Å². The van der Waals surface area contributed by atoms with E-state index in [9.17, 15) is 0 Å². The lowest BCUT2D eigenvalue weighted by atomic mass is 9.99. The molecule has 1 aliphatic carbocycles. The van der Waals surface area contributed by atoms with Crippen molar-refractivity contribution in [1.29, 1.82) is 0 Å². The van der Waals surface area contributed by atoms with Gasteiger partial charge in [0.2, 0.25) is 0 Å². The van der Waals surface area contributed by atoms with Crippen molar-refractivity contribution in [3.8, 4) is 0 Å². The Bertz CT molecular complexity index is 72.0. The Balaban J connectivity index is 2.34. The van der Waals surface area contributed by atoms with Gasteiger partial charge >= 0.3 is 0 Å². The zero-order chi connectivity index (χ0) is 6.85. The molecule has 3 atom stereocenters. The summed E-state index contributed by atoms with van der Waals surface area (Å²) in [7, 11) is 2.86. The van der Waals surface area contributed by atoms with Crippen LogP contribution in [-0.2, 0) is 0 Å². The monoisotopic (exact) mass is 180 g/mol. The van der Waals surface area contributed by atoms with Crippen LogP contribution in [0.25, 0.3) is 0 Å². The van der Waals surface area contributed by atoms with Crippen molar-refractivity contribution >= 4 is 34.5 Å². The fraction of sp³-hybridized carbons (Fsp3) is 1.00. The van der Waals surface area contributed by atoms with E-state index in [1.54, 1.807) is 0 Å². The zero-order valence-electron chi connectivity index (χ0n) is 5.33. The van der Waals surface area contributed by atoms with Gasteiger partial charge in [0.25, 0.3) is 0 Å². The molecule has 0 aromatic rings. The van der Waals surface area contributed by atoms with Crippen LogP contribution in [-0.4, -0.2) is 16.2 Å². The van der Waals surface area contributed by atoms with Gasteiger partial charge in [0.1, 0.15) is 0 Å². The molecule has 0 N–H and O–H groups in total. The highest BCUT2D eigenvalue weighted by molar-refractivity contribution is 7.82. The van der Waals surface area contributed by atoms with Crippen LogP contribution < -0.4 is 0 Å². The summed E-state index contributed by atoms with van der Waals surface area (Å²) >= 11 is 8.84. The highest BCUT2D eigenvalue weighted by Gasteiger charge is 2.21. The molecular formula is C6H13PS2. The minimum atomic E-state index is 0.587. The van der Waals surface area contributed by atoms with Crippen LogP contribution in [0.2, 0.25) is 0 Å². The highest BCUT2D eigenvalue weighted by atomic mass is 32.1. The maximum Gasteiger partial charge on any atom is 0.00330 e. The average Bonchev–Trinajstić information content (AvgIpc) is 1.59. The topological polar surface area (TPSA) is 0 Å². The summed E-state index contributed by atoms with van der Waals surface area (Å²) in [5, 5.41) is 1.17. The molecule has 1 saturated carbocycles. The Labute approximate surface area is 70.2 Å². The van der Waals surface area contributed by atoms with Gasteiger partial charge in [-0.2, -0.15) is 25.3 Å². The number of thiol groups is 2. The third kappa shape index (κ3) is 2.69. The van der Waals surface area contributed by atoms with Crippen LogP contribution in [0.3, 0.4) is 0 Å². The zero-order valence-corrected chi connectivity index (χ0v) is 8.27. The minimum absolute atomic E-state index is 0.587. The van der Waals surface area contributed by atoms with E-state index in [4.69, 9.17) is 0 Å². The largest absolute Gasteiger partial charge is 0.176 e. The molecule has 0 radical (unpaired) electrons. The van der Waals surface area contributed by atoms with Crippen LogP contribution in [0.15, 0.2) is 0 Å². The summed E-state index contributed by atoms with van der Waals surface area (Å²) in [4.78, 5) is 0. The van der Waals surface area contributed by atoms with Crippen molar-refractivity contribution in [3.63, 3.8) is 0 Å². The Kier molecular flexibility index (Phi) is 3.20. The first-order valence-corrected chi connectivity index (χ1v) is 5.00. The normalized spacial score (nSPS) is 45.0. The third-order valence-electron chi connectivity index (χ3n) is 1.69. The standard InChI is InChI=1S/C6H13PS2/c7-4-1-5(8)3-6(9)2-4/h4-6,8-9H,1-3,7H2. The molecule has 1 aliphatic rings. The second-order valence-corrected chi connectivity index (χ2v) is 5.18. The van der Waals surface area contributed by atoms with Crippen molar-refractivity contribution in [1.82, 2.24) is 0 Å². The van der Waals surface area contributed by atoms with Gasteiger partial charge in [0, 0.05) is 10.5 Å². The maximum atomic E-state index is 4.42. The maximum absolute atomic E-state index is 4.42. The fourth-order valence-electron chi connectivity index (χ4n) is 1.30. The summed E-state index contributed by atoms with van der Waals surface area (Å²) in [6, 6.07) is 0. The van der Waals surface area contributed by atoms with Crippen LogP contribution >= 0.6 is 34.5 Å². The smallest absolute Gasteiger partial charge is 0.00330 e. The van der Waals surface area contributed by atoms with E-state index in [0.29, 0.717) is 10.5 Å². The van der Waals surface area contributed by atoms with Gasteiger partial charge in [-0.15, -0.1) is 9.24 Å². The first-order chi connectivity index (χ1) is 4.18. The van der Waals surface area contributed by atoms with Gasteiger partial charge in [-0.05, 0) is 24.9 Å². The lowest BCUT2D eigenvalue weighted by molar-refractivity contribution is 0.544. The summed E-state index contributed by atoms with van der Waals surface area (Å²) in [5.41, 5.74) is 0.753. The van der Waals surface area contributed by atoms with E-state index < -0.39 is 0 Å². The molecule has 0 bridgehead atoms. The quantitative estimate of drug-likeness (QED) is 0.413. The summed E-state index contributed by atoms with van der Waals surface area (Å²) < 4.78 is 0. The first kappa shape index (κ1) is 8.23. The molecule has 0 aromatic heterocycles. The van der Waals surface area contributed by atoms with Gasteiger partial charge in [-0.1, -0.05) is 0 Å². The fourth-order valence-corrected chi connectivity index (χ4v) is 3.63. The average molecular weight is 180 g/mol. The van der Waals surface area contributed by atoms with Crippen LogP contribution in [0, 0.1) is 0 Å². The predicted octanol–water partition coefficient (Wildman–Crippen LogP) is 2.01. The van der Waals surface area contributed by atoms with Gasteiger partial charge in [0.05, 0.1) is 0 Å². The van der Waals surface area contributed by atoms with Crippen molar-refractivity contribution in [2.75, 3.05) is 0 Å². The Hall–Kier alpha value is 1.13. The lowest BCUT2D eigenvalue weighted by Crippen LogP contribution is -2.23. The van der Waals surface area contributed by atoms with E-state index in [0.717, 1.165) is 5.66 Å². The SMILES string of the molecule is PC1CC(S)CC(S)C1. The summed E-state index contributed by atoms with van der Waals surface area (Å²) in [5.74, 6) is 0. The molecule has 0 heterocycles. The van der Waals surface area contributed by atoms with E-state index in [1.165, 1.54) is 19.3 Å². The van der Waals surface area contributed by atoms with E-state index in [2.05, 4.69) is 34.5 Å². The molecule has 3 heteroatoms. The molecule has 1 fully saturated rings. The number of rotatable bonds is 0. The molecule has 1 rings (SSSR count).